The van der Waals surface area contributed by atoms with Gasteiger partial charge in [0.05, 0.1) is 0 Å². The van der Waals surface area contributed by atoms with Crippen molar-refractivity contribution in [3.8, 4) is 0 Å². The monoisotopic (exact) mass is 846 g/mol. The van der Waals surface area contributed by atoms with E-state index in [0.29, 0.717) is 0 Å². The Morgan fingerprint density at radius 2 is 0.617 bits per heavy atom. The fourth-order valence-corrected chi connectivity index (χ4v) is 20.8. The van der Waals surface area contributed by atoms with Gasteiger partial charge in [0.1, 0.15) is 23.0 Å². The number of hydrogen-bond acceptors (Lipinski definition) is 2. The largest absolute Gasteiger partial charge is 0.238 e. The lowest BCUT2D eigenvalue weighted by atomic mass is 10.4. The first-order valence-electron chi connectivity index (χ1n) is 20.0. The van der Waals surface area contributed by atoms with Gasteiger partial charge in [-0.25, -0.2) is 0 Å². The quantitative estimate of drug-likeness (QED) is 0.0864. The van der Waals surface area contributed by atoms with Crippen molar-refractivity contribution >= 4 is 68.1 Å². The van der Waals surface area contributed by atoms with Gasteiger partial charge in [0.25, 0.3) is 0 Å². The summed E-state index contributed by atoms with van der Waals surface area (Å²) in [6.07, 6.45) is 0. The van der Waals surface area contributed by atoms with Gasteiger partial charge in [0.2, 0.25) is 18.5 Å². The lowest BCUT2D eigenvalue weighted by Gasteiger charge is -2.25. The Morgan fingerprint density at radius 3 is 1.00 bits per heavy atom. The first kappa shape index (κ1) is 39.6. The Bertz CT molecular complexity index is 2630. The summed E-state index contributed by atoms with van der Waals surface area (Å²) >= 11 is -0.642. The van der Waals surface area contributed by atoms with E-state index in [1.54, 1.807) is 0 Å². The van der Waals surface area contributed by atoms with Crippen molar-refractivity contribution in [2.24, 2.45) is 8.28 Å². The van der Waals surface area contributed by atoms with Crippen LogP contribution in [-0.4, -0.2) is 0 Å². The molecular weight excluding hydrogens is 803 g/mol. The molecule has 9 rings (SSSR count). The van der Waals surface area contributed by atoms with E-state index in [4.69, 9.17) is 8.28 Å². The number of benzene rings is 9. The lowest BCUT2D eigenvalue weighted by Crippen LogP contribution is -2.30. The fourth-order valence-electron chi connectivity index (χ4n) is 7.54. The third kappa shape index (κ3) is 8.05. The summed E-state index contributed by atoms with van der Waals surface area (Å²) in [6, 6.07) is 96.5. The molecule has 0 fully saturated rings. The van der Waals surface area contributed by atoms with E-state index >= 15 is 0 Å². The molecule has 60 heavy (non-hydrogen) atoms. The molecule has 1 unspecified atom stereocenters. The summed E-state index contributed by atoms with van der Waals surface area (Å²) in [5.74, 6) is 0. The molecule has 290 valence electrons. The average Bonchev–Trinajstić information content (AvgIpc) is 3.35. The smallest absolute Gasteiger partial charge is 0.0816 e. The second-order valence-corrected chi connectivity index (χ2v) is 24.1. The molecule has 0 saturated carbocycles. The second kappa shape index (κ2) is 18.6. The van der Waals surface area contributed by atoms with Crippen LogP contribution in [0.25, 0.3) is 0 Å². The first-order valence-corrected chi connectivity index (χ1v) is 25.9. The molecule has 0 radical (unpaired) electrons. The van der Waals surface area contributed by atoms with E-state index in [1.165, 1.54) is 51.4 Å². The summed E-state index contributed by atoms with van der Waals surface area (Å²) in [5.41, 5.74) is 0. The van der Waals surface area contributed by atoms with Crippen LogP contribution in [0.3, 0.4) is 0 Å². The minimum atomic E-state index is -2.52. The molecular formula is C54H44N2P2S2+2. The lowest BCUT2D eigenvalue weighted by molar-refractivity contribution is 1.30. The highest BCUT2D eigenvalue weighted by molar-refractivity contribution is 8.03. The van der Waals surface area contributed by atoms with Gasteiger partial charge < -0.3 is 0 Å². The molecule has 0 heterocycles. The Labute approximate surface area is 360 Å². The van der Waals surface area contributed by atoms with Gasteiger partial charge in [-0.15, -0.1) is 0 Å². The minimum absolute atomic E-state index is 0.642. The van der Waals surface area contributed by atoms with Crippen molar-refractivity contribution in [3.63, 3.8) is 0 Å². The Hall–Kier alpha value is -5.86. The molecule has 0 aliphatic carbocycles. The predicted molar refractivity (Wildman–Crippen MR) is 262 cm³/mol. The highest BCUT2D eigenvalue weighted by Crippen LogP contribution is 2.58. The zero-order valence-corrected chi connectivity index (χ0v) is 36.4. The van der Waals surface area contributed by atoms with Crippen molar-refractivity contribution in [3.05, 3.63) is 267 Å². The van der Waals surface area contributed by atoms with Crippen LogP contribution in [0.5, 0.6) is 0 Å². The van der Waals surface area contributed by atoms with Crippen LogP contribution in [0, 0.1) is 0 Å². The van der Waals surface area contributed by atoms with E-state index in [-0.39, 0.29) is 0 Å². The third-order valence-electron chi connectivity index (χ3n) is 10.4. The second-order valence-electron chi connectivity index (χ2n) is 14.1. The van der Waals surface area contributed by atoms with Gasteiger partial charge in [-0.2, -0.15) is 0 Å². The molecule has 0 spiro atoms. The molecule has 0 aromatic heterocycles. The van der Waals surface area contributed by atoms with Gasteiger partial charge in [0, 0.05) is 36.4 Å². The SMILES string of the molecule is c1ccc(/[S@@](=N\[P+](c2ccccc2)(c2ccccc2)c2ccccc2)c2ccc([S+](N=P(c3ccccc3)(c3ccccc3)c3ccccc3)c3ccccc3)cc2)cc1. The molecule has 6 heteroatoms. The Kier molecular flexibility index (Phi) is 12.3. The summed E-state index contributed by atoms with van der Waals surface area (Å²) < 4.78 is 12.4. The number of rotatable bonds is 12. The molecule has 0 bridgehead atoms. The van der Waals surface area contributed by atoms with Crippen LogP contribution in [-0.2, 0) is 21.8 Å². The molecule has 0 amide bonds. The predicted octanol–water partition coefficient (Wildman–Crippen LogP) is 11.9. The Balaban J connectivity index is 1.29. The van der Waals surface area contributed by atoms with Crippen molar-refractivity contribution in [2.45, 2.75) is 19.6 Å². The van der Waals surface area contributed by atoms with Gasteiger partial charge in [-0.1, -0.05) is 190 Å². The van der Waals surface area contributed by atoms with Crippen LogP contribution >= 0.6 is 14.5 Å². The highest BCUT2D eigenvalue weighted by Gasteiger charge is 2.47. The highest BCUT2D eigenvalue weighted by atomic mass is 32.2. The summed E-state index contributed by atoms with van der Waals surface area (Å²) in [7, 11) is -5.69. The molecule has 0 aliphatic rings. The molecule has 0 saturated heterocycles. The van der Waals surface area contributed by atoms with Crippen molar-refractivity contribution in [2.75, 3.05) is 0 Å². The van der Waals surface area contributed by atoms with E-state index in [2.05, 4.69) is 267 Å². The standard InChI is InChI=1S/C54H44N2P2S2/c1-9-25-45(26-10-1)57(46-27-11-2-12-28-46,47-29-13-3-14-30-47)55-59(51-37-21-7-22-38-51)53-41-43-54(44-42-53)60(52-39-23-8-24-40-52)56-58(48-31-15-4-16-32-48,49-33-17-5-18-34-49)50-35-19-6-20-36-50/h1-44H/q+2/t59-,60?/m1/s1. The topological polar surface area (TPSA) is 24.7 Å². The van der Waals surface area contributed by atoms with Crippen molar-refractivity contribution in [1.29, 1.82) is 0 Å². The molecule has 2 nitrogen and oxygen atoms in total. The summed E-state index contributed by atoms with van der Waals surface area (Å²) in [4.78, 5) is 4.71. The Morgan fingerprint density at radius 1 is 0.317 bits per heavy atom. The van der Waals surface area contributed by atoms with Gasteiger partial charge >= 0.3 is 0 Å². The molecule has 9 aromatic rings. The minimum Gasteiger partial charge on any atom is -0.0816 e. The van der Waals surface area contributed by atoms with Crippen molar-refractivity contribution in [1.82, 2.24) is 0 Å². The average molecular weight is 847 g/mol. The molecule has 2 atom stereocenters. The van der Waals surface area contributed by atoms with E-state index < -0.39 is 36.2 Å². The van der Waals surface area contributed by atoms with E-state index in [1.807, 2.05) is 0 Å². The maximum Gasteiger partial charge on any atom is 0.238 e. The van der Waals surface area contributed by atoms with Crippen LogP contribution < -0.4 is 31.8 Å². The van der Waals surface area contributed by atoms with Crippen molar-refractivity contribution < 1.29 is 0 Å². The number of hydrogen-bond donors (Lipinski definition) is 0. The van der Waals surface area contributed by atoms with Crippen LogP contribution in [0.4, 0.5) is 0 Å². The summed E-state index contributed by atoms with van der Waals surface area (Å²) in [6.45, 7) is 0. The van der Waals surface area contributed by atoms with E-state index in [0.717, 1.165) is 0 Å². The molecule has 0 N–H and O–H groups in total. The zero-order valence-electron chi connectivity index (χ0n) is 33.0. The normalized spacial score (nSPS) is 12.7. The fraction of sp³-hybridized carbons (Fsp3) is 0. The maximum atomic E-state index is 6.19. The first-order chi connectivity index (χ1) is 29.8. The summed E-state index contributed by atoms with van der Waals surface area (Å²) in [5, 5.41) is 7.42. The van der Waals surface area contributed by atoms with Gasteiger partial charge in [-0.05, 0) is 84.9 Å². The van der Waals surface area contributed by atoms with E-state index in [9.17, 15) is 0 Å². The molecule has 9 aromatic carbocycles. The zero-order chi connectivity index (χ0) is 40.5. The van der Waals surface area contributed by atoms with Gasteiger partial charge in [0.15, 0.2) is 9.79 Å². The van der Waals surface area contributed by atoms with Crippen LogP contribution in [0.2, 0.25) is 0 Å². The van der Waals surface area contributed by atoms with Crippen LogP contribution in [0.15, 0.2) is 295 Å². The third-order valence-corrected chi connectivity index (χ3v) is 22.8. The van der Waals surface area contributed by atoms with Crippen LogP contribution in [0.1, 0.15) is 0 Å². The number of nitrogens with zero attached hydrogens (tertiary/aromatic N) is 2. The molecule has 0 aliphatic heterocycles. The van der Waals surface area contributed by atoms with Gasteiger partial charge in [-0.3, -0.25) is 0 Å². The maximum absolute atomic E-state index is 6.19.